The number of hydrogen-bond donors (Lipinski definition) is 0. The van der Waals surface area contributed by atoms with Crippen LogP contribution >= 0.6 is 0 Å². The Morgan fingerprint density at radius 3 is 1.61 bits per heavy atom. The lowest BCUT2D eigenvalue weighted by molar-refractivity contribution is 0.714. The summed E-state index contributed by atoms with van der Waals surface area (Å²) >= 11 is 0. The SMILES string of the molecule is CC1(c2ccccc2)c2ccccc2-c2cccc(N(c3ccc(-c4ccc5c(ccc6ccccc65)c4)cc3)c3ccc4c(c3)c(-c3ccccc3)c(-c3ccccc3)c3ccccc34)c21. The summed E-state index contributed by atoms with van der Waals surface area (Å²) in [5.74, 6) is 0. The van der Waals surface area contributed by atoms with Gasteiger partial charge < -0.3 is 4.90 Å². The lowest BCUT2D eigenvalue weighted by Gasteiger charge is -2.35. The second-order valence-corrected chi connectivity index (χ2v) is 18.1. The van der Waals surface area contributed by atoms with Gasteiger partial charge in [-0.15, -0.1) is 0 Å². The van der Waals surface area contributed by atoms with Crippen molar-refractivity contribution >= 4 is 60.2 Å². The van der Waals surface area contributed by atoms with Crippen LogP contribution in [-0.2, 0) is 5.41 Å². The molecule has 1 nitrogen and oxygen atoms in total. The predicted octanol–water partition coefficient (Wildman–Crippen LogP) is 18.1. The summed E-state index contributed by atoms with van der Waals surface area (Å²) in [5.41, 5.74) is 16.7. The lowest BCUT2D eigenvalue weighted by Crippen LogP contribution is -2.25. The Labute approximate surface area is 391 Å². The van der Waals surface area contributed by atoms with Gasteiger partial charge in [0.2, 0.25) is 0 Å². The van der Waals surface area contributed by atoms with Gasteiger partial charge in [-0.25, -0.2) is 0 Å². The minimum atomic E-state index is -0.417. The minimum absolute atomic E-state index is 0.417. The first kappa shape index (κ1) is 38.9. The molecule has 0 amide bonds. The van der Waals surface area contributed by atoms with Crippen molar-refractivity contribution in [2.75, 3.05) is 4.90 Å². The molecule has 0 aromatic heterocycles. The number of nitrogens with zero attached hydrogens (tertiary/aromatic N) is 1. The maximum atomic E-state index is 2.52. The Kier molecular flexibility index (Phi) is 9.05. The summed E-state index contributed by atoms with van der Waals surface area (Å²) in [6.45, 7) is 2.42. The number of rotatable bonds is 7. The van der Waals surface area contributed by atoms with Crippen LogP contribution in [0, 0.1) is 0 Å². The lowest BCUT2D eigenvalue weighted by atomic mass is 9.73. The quantitative estimate of drug-likeness (QED) is 0.144. The fourth-order valence-corrected chi connectivity index (χ4v) is 11.4. The van der Waals surface area contributed by atoms with Gasteiger partial charge in [-0.3, -0.25) is 0 Å². The third kappa shape index (κ3) is 6.16. The van der Waals surface area contributed by atoms with Gasteiger partial charge in [0, 0.05) is 16.8 Å². The summed E-state index contributed by atoms with van der Waals surface area (Å²) in [6, 6.07) is 94.3. The van der Waals surface area contributed by atoms with Crippen LogP contribution in [-0.4, -0.2) is 0 Å². The Balaban J connectivity index is 1.07. The van der Waals surface area contributed by atoms with E-state index in [4.69, 9.17) is 0 Å². The third-order valence-corrected chi connectivity index (χ3v) is 14.5. The fraction of sp³-hybridized carbons (Fsp3) is 0.0303. The van der Waals surface area contributed by atoms with Crippen molar-refractivity contribution in [1.29, 1.82) is 0 Å². The predicted molar refractivity (Wildman–Crippen MR) is 285 cm³/mol. The van der Waals surface area contributed by atoms with Crippen molar-refractivity contribution in [2.45, 2.75) is 12.3 Å². The molecule has 0 bridgehead atoms. The molecule has 1 aliphatic carbocycles. The van der Waals surface area contributed by atoms with Crippen LogP contribution in [0.5, 0.6) is 0 Å². The van der Waals surface area contributed by atoms with Gasteiger partial charge in [0.1, 0.15) is 0 Å². The van der Waals surface area contributed by atoms with Gasteiger partial charge in [-0.1, -0.05) is 218 Å². The smallest absolute Gasteiger partial charge is 0.0512 e. The number of fused-ring (bicyclic) bond motifs is 9. The molecule has 1 unspecified atom stereocenters. The molecule has 0 radical (unpaired) electrons. The van der Waals surface area contributed by atoms with Gasteiger partial charge in [0.05, 0.1) is 5.69 Å². The van der Waals surface area contributed by atoms with Crippen LogP contribution in [0.2, 0.25) is 0 Å². The first-order valence-electron chi connectivity index (χ1n) is 23.3. The van der Waals surface area contributed by atoms with E-state index in [1.807, 2.05) is 0 Å². The fourth-order valence-electron chi connectivity index (χ4n) is 11.4. The van der Waals surface area contributed by atoms with Crippen LogP contribution < -0.4 is 4.90 Å². The van der Waals surface area contributed by atoms with Crippen LogP contribution in [0.1, 0.15) is 23.6 Å². The molecule has 1 aliphatic rings. The topological polar surface area (TPSA) is 3.24 Å². The second kappa shape index (κ2) is 15.6. The monoisotopic (exact) mass is 851 g/mol. The Hall–Kier alpha value is -8.52. The maximum absolute atomic E-state index is 2.52. The van der Waals surface area contributed by atoms with Gasteiger partial charge in [0.25, 0.3) is 0 Å². The summed E-state index contributed by atoms with van der Waals surface area (Å²) in [4.78, 5) is 2.52. The highest BCUT2D eigenvalue weighted by Crippen LogP contribution is 2.57. The molecular formula is C66H45N. The Bertz CT molecular complexity index is 3850. The maximum Gasteiger partial charge on any atom is 0.0512 e. The van der Waals surface area contributed by atoms with E-state index in [1.54, 1.807) is 0 Å². The zero-order chi connectivity index (χ0) is 44.5. The van der Waals surface area contributed by atoms with Gasteiger partial charge >= 0.3 is 0 Å². The summed E-state index contributed by atoms with van der Waals surface area (Å²) in [7, 11) is 0. The van der Waals surface area contributed by atoms with E-state index in [0.29, 0.717) is 0 Å². The number of benzene rings is 12. The molecule has 0 saturated heterocycles. The highest BCUT2D eigenvalue weighted by molar-refractivity contribution is 6.22. The molecule has 1 heteroatoms. The normalized spacial score (nSPS) is 14.1. The van der Waals surface area contributed by atoms with E-state index < -0.39 is 5.41 Å². The van der Waals surface area contributed by atoms with Crippen molar-refractivity contribution in [3.8, 4) is 44.5 Å². The van der Waals surface area contributed by atoms with Crippen molar-refractivity contribution in [1.82, 2.24) is 0 Å². The van der Waals surface area contributed by atoms with E-state index in [9.17, 15) is 0 Å². The first-order chi connectivity index (χ1) is 33.1. The van der Waals surface area contributed by atoms with Crippen LogP contribution in [0.15, 0.2) is 255 Å². The summed E-state index contributed by atoms with van der Waals surface area (Å²) < 4.78 is 0. The molecule has 12 aromatic carbocycles. The molecule has 0 saturated carbocycles. The van der Waals surface area contributed by atoms with E-state index in [-0.39, 0.29) is 0 Å². The molecule has 0 N–H and O–H groups in total. The highest BCUT2D eigenvalue weighted by atomic mass is 15.1. The van der Waals surface area contributed by atoms with Crippen LogP contribution in [0.3, 0.4) is 0 Å². The summed E-state index contributed by atoms with van der Waals surface area (Å²) in [6.07, 6.45) is 0. The third-order valence-electron chi connectivity index (χ3n) is 14.5. The van der Waals surface area contributed by atoms with Crippen LogP contribution in [0.4, 0.5) is 17.1 Å². The van der Waals surface area contributed by atoms with Crippen molar-refractivity contribution < 1.29 is 0 Å². The summed E-state index contributed by atoms with van der Waals surface area (Å²) in [5, 5.41) is 10.0. The molecule has 314 valence electrons. The van der Waals surface area contributed by atoms with E-state index in [1.165, 1.54) is 104 Å². The highest BCUT2D eigenvalue weighted by Gasteiger charge is 2.43. The molecule has 0 spiro atoms. The molecule has 13 rings (SSSR count). The standard InChI is InChI=1S/C66H45N/c1-66(50-23-9-4-10-24-50)61-30-16-15-27-57(61)59-29-17-31-62(65(59)66)67(51-37-34-44(35-38-51)48-36-40-54-49(42-48)33-32-45-18-11-12-25-53(45)54)52-39-41-56-55-26-13-14-28-58(55)63(46-19-5-2-6-20-46)64(60(56)43-52)47-21-7-3-8-22-47/h2-43H,1H3. The Morgan fingerprint density at radius 1 is 0.313 bits per heavy atom. The average molecular weight is 852 g/mol. The molecule has 67 heavy (non-hydrogen) atoms. The number of anilines is 3. The first-order valence-corrected chi connectivity index (χ1v) is 23.3. The van der Waals surface area contributed by atoms with E-state index in [2.05, 4.69) is 267 Å². The van der Waals surface area contributed by atoms with E-state index >= 15 is 0 Å². The van der Waals surface area contributed by atoms with Crippen molar-refractivity contribution in [3.63, 3.8) is 0 Å². The van der Waals surface area contributed by atoms with Crippen molar-refractivity contribution in [3.05, 3.63) is 271 Å². The molecule has 0 fully saturated rings. The second-order valence-electron chi connectivity index (χ2n) is 18.1. The molecule has 0 heterocycles. The molecule has 0 aliphatic heterocycles. The van der Waals surface area contributed by atoms with Gasteiger partial charge in [0.15, 0.2) is 0 Å². The van der Waals surface area contributed by atoms with Gasteiger partial charge in [-0.2, -0.15) is 0 Å². The Morgan fingerprint density at radius 2 is 0.851 bits per heavy atom. The largest absolute Gasteiger partial charge is 0.310 e. The minimum Gasteiger partial charge on any atom is -0.310 e. The zero-order valence-corrected chi connectivity index (χ0v) is 37.2. The molecule has 1 atom stereocenters. The zero-order valence-electron chi connectivity index (χ0n) is 37.2. The number of hydrogen-bond acceptors (Lipinski definition) is 1. The van der Waals surface area contributed by atoms with E-state index in [0.717, 1.165) is 17.1 Å². The molecule has 12 aromatic rings. The average Bonchev–Trinajstić information content (AvgIpc) is 3.68. The van der Waals surface area contributed by atoms with Crippen LogP contribution in [0.25, 0.3) is 87.6 Å². The molecular weight excluding hydrogens is 807 g/mol. The van der Waals surface area contributed by atoms with Gasteiger partial charge in [-0.05, 0) is 148 Å². The van der Waals surface area contributed by atoms with Crippen molar-refractivity contribution in [2.24, 2.45) is 0 Å².